The molecular formula is C11H18ClN3O2S. The summed E-state index contributed by atoms with van der Waals surface area (Å²) in [6.07, 6.45) is 0. The van der Waals surface area contributed by atoms with Crippen LogP contribution in [-0.4, -0.2) is 47.6 Å². The SMILES string of the molecule is CCN(CC)C(=O)CN(C)c1nc(Cl)c(CO)s1. The molecule has 0 atom stereocenters. The minimum Gasteiger partial charge on any atom is -0.391 e. The second kappa shape index (κ2) is 6.92. The summed E-state index contributed by atoms with van der Waals surface area (Å²) in [6.45, 7) is 5.43. The summed E-state index contributed by atoms with van der Waals surface area (Å²) < 4.78 is 0. The fourth-order valence-corrected chi connectivity index (χ4v) is 2.61. The van der Waals surface area contributed by atoms with E-state index in [0.717, 1.165) is 0 Å². The Bertz CT molecular complexity index is 407. The predicted octanol–water partition coefficient (Wildman–Crippen LogP) is 1.59. The van der Waals surface area contributed by atoms with Gasteiger partial charge in [0.2, 0.25) is 5.91 Å². The highest BCUT2D eigenvalue weighted by atomic mass is 35.5. The summed E-state index contributed by atoms with van der Waals surface area (Å²) in [4.78, 5) is 20.2. The molecule has 0 bridgehead atoms. The molecule has 102 valence electrons. The van der Waals surface area contributed by atoms with E-state index in [4.69, 9.17) is 16.7 Å². The lowest BCUT2D eigenvalue weighted by molar-refractivity contribution is -0.129. The van der Waals surface area contributed by atoms with Crippen molar-refractivity contribution in [2.24, 2.45) is 0 Å². The molecule has 7 heteroatoms. The fraction of sp³-hybridized carbons (Fsp3) is 0.636. The monoisotopic (exact) mass is 291 g/mol. The molecule has 0 aromatic carbocycles. The molecular weight excluding hydrogens is 274 g/mol. The highest BCUT2D eigenvalue weighted by Crippen LogP contribution is 2.28. The third-order valence-electron chi connectivity index (χ3n) is 2.60. The Labute approximate surface area is 116 Å². The maximum Gasteiger partial charge on any atom is 0.242 e. The van der Waals surface area contributed by atoms with Crippen molar-refractivity contribution in [3.8, 4) is 0 Å². The maximum absolute atomic E-state index is 11.9. The van der Waals surface area contributed by atoms with Crippen molar-refractivity contribution >= 4 is 34.0 Å². The summed E-state index contributed by atoms with van der Waals surface area (Å²) in [5.74, 6) is 0.0550. The van der Waals surface area contributed by atoms with Crippen LogP contribution in [0.5, 0.6) is 0 Å². The number of aromatic nitrogens is 1. The molecule has 0 aliphatic carbocycles. The van der Waals surface area contributed by atoms with Gasteiger partial charge < -0.3 is 14.9 Å². The topological polar surface area (TPSA) is 56.7 Å². The fourth-order valence-electron chi connectivity index (χ4n) is 1.53. The lowest BCUT2D eigenvalue weighted by Gasteiger charge is -2.22. The Morgan fingerprint density at radius 1 is 1.44 bits per heavy atom. The molecule has 1 amide bonds. The number of aliphatic hydroxyl groups excluding tert-OH is 1. The Balaban J connectivity index is 2.69. The Kier molecular flexibility index (Phi) is 5.84. The molecule has 0 saturated heterocycles. The lowest BCUT2D eigenvalue weighted by Crippen LogP contribution is -2.38. The normalized spacial score (nSPS) is 10.5. The molecule has 0 saturated carbocycles. The van der Waals surface area contributed by atoms with Gasteiger partial charge in [-0.15, -0.1) is 0 Å². The molecule has 0 spiro atoms. The van der Waals surface area contributed by atoms with Crippen LogP contribution in [0.1, 0.15) is 18.7 Å². The molecule has 18 heavy (non-hydrogen) atoms. The van der Waals surface area contributed by atoms with Crippen molar-refractivity contribution in [2.75, 3.05) is 31.6 Å². The zero-order valence-corrected chi connectivity index (χ0v) is 12.4. The van der Waals surface area contributed by atoms with Crippen molar-refractivity contribution in [1.82, 2.24) is 9.88 Å². The number of carbonyl (C=O) groups is 1. The second-order valence-electron chi connectivity index (χ2n) is 3.79. The Morgan fingerprint density at radius 2 is 2.06 bits per heavy atom. The number of thiazole rings is 1. The quantitative estimate of drug-likeness (QED) is 0.865. The van der Waals surface area contributed by atoms with Crippen molar-refractivity contribution < 1.29 is 9.90 Å². The van der Waals surface area contributed by atoms with Gasteiger partial charge in [-0.05, 0) is 13.8 Å². The molecule has 0 aliphatic heterocycles. The van der Waals surface area contributed by atoms with Gasteiger partial charge in [0.15, 0.2) is 5.13 Å². The van der Waals surface area contributed by atoms with Crippen LogP contribution in [0.25, 0.3) is 0 Å². The zero-order chi connectivity index (χ0) is 13.7. The van der Waals surface area contributed by atoms with E-state index in [1.165, 1.54) is 11.3 Å². The van der Waals surface area contributed by atoms with Gasteiger partial charge in [0.25, 0.3) is 0 Å². The number of hydrogen-bond acceptors (Lipinski definition) is 5. The number of halogens is 1. The molecule has 1 N–H and O–H groups in total. The minimum absolute atomic E-state index is 0.0550. The first-order valence-electron chi connectivity index (χ1n) is 5.78. The number of anilines is 1. The van der Waals surface area contributed by atoms with Crippen molar-refractivity contribution in [3.63, 3.8) is 0 Å². The Hall–Kier alpha value is -0.850. The van der Waals surface area contributed by atoms with Gasteiger partial charge in [-0.3, -0.25) is 4.79 Å². The summed E-state index contributed by atoms with van der Waals surface area (Å²) in [5.41, 5.74) is 0. The average Bonchev–Trinajstić information content (AvgIpc) is 2.72. The predicted molar refractivity (Wildman–Crippen MR) is 74.2 cm³/mol. The molecule has 0 radical (unpaired) electrons. The van der Waals surface area contributed by atoms with E-state index < -0.39 is 0 Å². The van der Waals surface area contributed by atoms with E-state index in [1.54, 1.807) is 16.8 Å². The number of carbonyl (C=O) groups excluding carboxylic acids is 1. The first-order valence-corrected chi connectivity index (χ1v) is 6.97. The summed E-state index contributed by atoms with van der Waals surface area (Å²) in [7, 11) is 1.79. The van der Waals surface area contributed by atoms with Crippen LogP contribution in [0.4, 0.5) is 5.13 Å². The van der Waals surface area contributed by atoms with Gasteiger partial charge in [-0.2, -0.15) is 0 Å². The highest BCUT2D eigenvalue weighted by molar-refractivity contribution is 7.16. The molecule has 0 aliphatic rings. The molecule has 0 unspecified atom stereocenters. The smallest absolute Gasteiger partial charge is 0.242 e. The van der Waals surface area contributed by atoms with Crippen molar-refractivity contribution in [1.29, 1.82) is 0 Å². The molecule has 5 nitrogen and oxygen atoms in total. The van der Waals surface area contributed by atoms with E-state index in [1.807, 2.05) is 13.8 Å². The zero-order valence-electron chi connectivity index (χ0n) is 10.8. The van der Waals surface area contributed by atoms with E-state index in [9.17, 15) is 4.79 Å². The number of aliphatic hydroxyl groups is 1. The molecule has 1 aromatic rings. The number of hydrogen-bond donors (Lipinski definition) is 1. The van der Waals surface area contributed by atoms with Crippen LogP contribution in [0.15, 0.2) is 0 Å². The van der Waals surface area contributed by atoms with Crippen LogP contribution >= 0.6 is 22.9 Å². The summed E-state index contributed by atoms with van der Waals surface area (Å²) in [6, 6.07) is 0. The first-order chi connectivity index (χ1) is 8.53. The van der Waals surface area contributed by atoms with Gasteiger partial charge in [-0.1, -0.05) is 22.9 Å². The third kappa shape index (κ3) is 3.57. The number of rotatable bonds is 6. The van der Waals surface area contributed by atoms with Crippen LogP contribution in [0, 0.1) is 0 Å². The van der Waals surface area contributed by atoms with E-state index >= 15 is 0 Å². The van der Waals surface area contributed by atoms with Gasteiger partial charge in [0, 0.05) is 20.1 Å². The number of amides is 1. The van der Waals surface area contributed by atoms with E-state index in [-0.39, 0.29) is 19.1 Å². The lowest BCUT2D eigenvalue weighted by atomic mass is 10.4. The van der Waals surface area contributed by atoms with Crippen LogP contribution in [-0.2, 0) is 11.4 Å². The van der Waals surface area contributed by atoms with Gasteiger partial charge >= 0.3 is 0 Å². The van der Waals surface area contributed by atoms with Crippen molar-refractivity contribution in [3.05, 3.63) is 10.0 Å². The van der Waals surface area contributed by atoms with E-state index in [2.05, 4.69) is 4.98 Å². The van der Waals surface area contributed by atoms with E-state index in [0.29, 0.717) is 28.3 Å². The standard InChI is InChI=1S/C11H18ClN3O2S/c1-4-15(5-2)9(17)6-14(3)11-13-10(12)8(7-16)18-11/h16H,4-7H2,1-3H3. The highest BCUT2D eigenvalue weighted by Gasteiger charge is 2.16. The van der Waals surface area contributed by atoms with Gasteiger partial charge in [-0.25, -0.2) is 4.98 Å². The minimum atomic E-state index is -0.131. The molecule has 1 rings (SSSR count). The van der Waals surface area contributed by atoms with Gasteiger partial charge in [0.05, 0.1) is 18.0 Å². The second-order valence-corrected chi connectivity index (χ2v) is 5.21. The molecule has 1 aromatic heterocycles. The van der Waals surface area contributed by atoms with Gasteiger partial charge in [0.1, 0.15) is 5.15 Å². The maximum atomic E-state index is 11.9. The van der Waals surface area contributed by atoms with Crippen LogP contribution in [0.2, 0.25) is 5.15 Å². The number of nitrogens with zero attached hydrogens (tertiary/aromatic N) is 3. The average molecular weight is 292 g/mol. The first kappa shape index (κ1) is 15.2. The van der Waals surface area contributed by atoms with Crippen molar-refractivity contribution in [2.45, 2.75) is 20.5 Å². The number of likely N-dealkylation sites (N-methyl/N-ethyl adjacent to an activating group) is 2. The largest absolute Gasteiger partial charge is 0.391 e. The van der Waals surface area contributed by atoms with Crippen LogP contribution in [0.3, 0.4) is 0 Å². The summed E-state index contributed by atoms with van der Waals surface area (Å²) >= 11 is 7.16. The third-order valence-corrected chi connectivity index (χ3v) is 4.18. The Morgan fingerprint density at radius 3 is 2.50 bits per heavy atom. The van der Waals surface area contributed by atoms with Crippen LogP contribution < -0.4 is 4.90 Å². The summed E-state index contributed by atoms with van der Waals surface area (Å²) in [5, 5.41) is 10.0. The molecule has 0 fully saturated rings. The molecule has 1 heterocycles.